The SMILES string of the molecule is Cc1ccc2c(c1)SCC(C)(C(=O)O)C2=O. The highest BCUT2D eigenvalue weighted by molar-refractivity contribution is 7.99. The van der Waals surface area contributed by atoms with Crippen molar-refractivity contribution in [2.24, 2.45) is 5.41 Å². The zero-order chi connectivity index (χ0) is 11.9. The molecular weight excluding hydrogens is 224 g/mol. The highest BCUT2D eigenvalue weighted by Crippen LogP contribution is 2.40. The average molecular weight is 236 g/mol. The van der Waals surface area contributed by atoms with E-state index in [-0.39, 0.29) is 5.78 Å². The number of carboxylic acid groups (broad SMARTS) is 1. The summed E-state index contributed by atoms with van der Waals surface area (Å²) in [5, 5.41) is 9.11. The fourth-order valence-electron chi connectivity index (χ4n) is 1.68. The Bertz CT molecular complexity index is 481. The maximum Gasteiger partial charge on any atom is 0.318 e. The van der Waals surface area contributed by atoms with Crippen molar-refractivity contribution >= 4 is 23.5 Å². The molecule has 0 saturated carbocycles. The topological polar surface area (TPSA) is 54.4 Å². The van der Waals surface area contributed by atoms with Gasteiger partial charge in [0.05, 0.1) is 0 Å². The van der Waals surface area contributed by atoms with E-state index in [1.807, 2.05) is 19.1 Å². The van der Waals surface area contributed by atoms with Crippen molar-refractivity contribution in [2.45, 2.75) is 18.7 Å². The van der Waals surface area contributed by atoms with Gasteiger partial charge in [0.15, 0.2) is 5.78 Å². The van der Waals surface area contributed by atoms with Gasteiger partial charge in [-0.2, -0.15) is 0 Å². The standard InChI is InChI=1S/C12H12O3S/c1-7-3-4-8-9(5-7)16-6-12(2,10(8)13)11(14)15/h3-5H,6H2,1-2H3,(H,14,15). The van der Waals surface area contributed by atoms with E-state index in [9.17, 15) is 9.59 Å². The van der Waals surface area contributed by atoms with Gasteiger partial charge in [0, 0.05) is 16.2 Å². The lowest BCUT2D eigenvalue weighted by Crippen LogP contribution is -2.41. The molecule has 0 aliphatic carbocycles. The van der Waals surface area contributed by atoms with E-state index >= 15 is 0 Å². The monoisotopic (exact) mass is 236 g/mol. The van der Waals surface area contributed by atoms with Crippen LogP contribution in [0, 0.1) is 12.3 Å². The Morgan fingerprint density at radius 2 is 2.19 bits per heavy atom. The minimum atomic E-state index is -1.28. The Labute approximate surface area is 97.9 Å². The zero-order valence-corrected chi connectivity index (χ0v) is 9.93. The van der Waals surface area contributed by atoms with E-state index in [1.165, 1.54) is 18.7 Å². The van der Waals surface area contributed by atoms with Crippen LogP contribution >= 0.6 is 11.8 Å². The molecule has 0 saturated heterocycles. The number of aryl methyl sites for hydroxylation is 1. The molecule has 1 aliphatic heterocycles. The van der Waals surface area contributed by atoms with Crippen molar-refractivity contribution in [3.63, 3.8) is 0 Å². The smallest absolute Gasteiger partial charge is 0.318 e. The Hall–Kier alpha value is -1.29. The van der Waals surface area contributed by atoms with Crippen molar-refractivity contribution in [2.75, 3.05) is 5.75 Å². The third-order valence-corrected chi connectivity index (χ3v) is 4.24. The van der Waals surface area contributed by atoms with Crippen molar-refractivity contribution in [1.82, 2.24) is 0 Å². The van der Waals surface area contributed by atoms with Gasteiger partial charge in [-0.15, -0.1) is 11.8 Å². The molecule has 1 aromatic rings. The normalized spacial score (nSPS) is 24.0. The first kappa shape index (κ1) is 11.2. The molecule has 1 N–H and O–H groups in total. The maximum atomic E-state index is 12.1. The van der Waals surface area contributed by atoms with Crippen LogP contribution in [0.3, 0.4) is 0 Å². The number of carbonyl (C=O) groups is 2. The second-order valence-corrected chi connectivity index (χ2v) is 5.27. The number of fused-ring (bicyclic) bond motifs is 1. The Balaban J connectivity index is 2.51. The van der Waals surface area contributed by atoms with Crippen LogP contribution in [0.1, 0.15) is 22.8 Å². The van der Waals surface area contributed by atoms with Crippen molar-refractivity contribution in [3.8, 4) is 0 Å². The Morgan fingerprint density at radius 3 is 2.81 bits per heavy atom. The predicted molar refractivity (Wildman–Crippen MR) is 62.0 cm³/mol. The lowest BCUT2D eigenvalue weighted by molar-refractivity contribution is -0.143. The van der Waals surface area contributed by atoms with Gasteiger partial charge in [-0.25, -0.2) is 0 Å². The van der Waals surface area contributed by atoms with E-state index in [4.69, 9.17) is 5.11 Å². The lowest BCUT2D eigenvalue weighted by Gasteiger charge is -2.28. The number of thioether (sulfide) groups is 1. The van der Waals surface area contributed by atoms with E-state index in [1.54, 1.807) is 6.07 Å². The van der Waals surface area contributed by atoms with E-state index < -0.39 is 11.4 Å². The molecule has 16 heavy (non-hydrogen) atoms. The number of Topliss-reactive ketones (excluding diaryl/α,β-unsaturated/α-hetero) is 1. The quantitative estimate of drug-likeness (QED) is 0.760. The van der Waals surface area contributed by atoms with Gasteiger partial charge in [-0.05, 0) is 31.5 Å². The fourth-order valence-corrected chi connectivity index (χ4v) is 2.96. The molecule has 1 heterocycles. The molecule has 4 heteroatoms. The molecule has 1 aliphatic rings. The number of rotatable bonds is 1. The summed E-state index contributed by atoms with van der Waals surface area (Å²) in [4.78, 5) is 24.1. The van der Waals surface area contributed by atoms with Crippen LogP contribution in [0.25, 0.3) is 0 Å². The van der Waals surface area contributed by atoms with Gasteiger partial charge in [-0.1, -0.05) is 6.07 Å². The molecule has 0 amide bonds. The second kappa shape index (κ2) is 3.63. The van der Waals surface area contributed by atoms with Crippen LogP contribution in [-0.4, -0.2) is 22.6 Å². The summed E-state index contributed by atoms with van der Waals surface area (Å²) in [6, 6.07) is 5.49. The number of ketones is 1. The zero-order valence-electron chi connectivity index (χ0n) is 9.11. The number of aliphatic carboxylic acids is 1. The highest BCUT2D eigenvalue weighted by Gasteiger charge is 2.45. The van der Waals surface area contributed by atoms with E-state index in [0.717, 1.165) is 10.5 Å². The first-order valence-electron chi connectivity index (χ1n) is 4.97. The maximum absolute atomic E-state index is 12.1. The third kappa shape index (κ3) is 1.53. The Kier molecular flexibility index (Phi) is 2.54. The summed E-state index contributed by atoms with van der Waals surface area (Å²) in [6.45, 7) is 3.45. The van der Waals surface area contributed by atoms with Gasteiger partial charge < -0.3 is 5.11 Å². The van der Waals surface area contributed by atoms with Crippen molar-refractivity contribution in [3.05, 3.63) is 29.3 Å². The average Bonchev–Trinajstić information content (AvgIpc) is 2.23. The van der Waals surface area contributed by atoms with E-state index in [2.05, 4.69) is 0 Å². The molecule has 1 unspecified atom stereocenters. The van der Waals surface area contributed by atoms with Gasteiger partial charge >= 0.3 is 5.97 Å². The summed E-state index contributed by atoms with van der Waals surface area (Å²) >= 11 is 1.44. The minimum absolute atomic E-state index is 0.284. The number of carbonyl (C=O) groups excluding carboxylic acids is 1. The van der Waals surface area contributed by atoms with Crippen LogP contribution in [0.15, 0.2) is 23.1 Å². The number of benzene rings is 1. The molecule has 0 spiro atoms. The number of carboxylic acids is 1. The lowest BCUT2D eigenvalue weighted by atomic mass is 9.83. The summed E-state index contributed by atoms with van der Waals surface area (Å²) in [5.74, 6) is -1.03. The molecule has 1 aromatic carbocycles. The second-order valence-electron chi connectivity index (χ2n) is 4.25. The van der Waals surface area contributed by atoms with Gasteiger partial charge in [0.1, 0.15) is 5.41 Å². The molecule has 84 valence electrons. The van der Waals surface area contributed by atoms with Gasteiger partial charge in [0.25, 0.3) is 0 Å². The van der Waals surface area contributed by atoms with Gasteiger partial charge in [-0.3, -0.25) is 9.59 Å². The molecule has 0 aromatic heterocycles. The van der Waals surface area contributed by atoms with Crippen LogP contribution < -0.4 is 0 Å². The fraction of sp³-hybridized carbons (Fsp3) is 0.333. The molecule has 0 bridgehead atoms. The number of hydrogen-bond donors (Lipinski definition) is 1. The first-order chi connectivity index (χ1) is 7.45. The molecule has 0 radical (unpaired) electrons. The van der Waals surface area contributed by atoms with Crippen LogP contribution in [0.5, 0.6) is 0 Å². The third-order valence-electron chi connectivity index (χ3n) is 2.87. The summed E-state index contributed by atoms with van der Waals surface area (Å²) in [5.41, 5.74) is 0.331. The molecule has 0 fully saturated rings. The molecule has 2 rings (SSSR count). The van der Waals surface area contributed by atoms with Gasteiger partial charge in [0.2, 0.25) is 0 Å². The molecule has 1 atom stereocenters. The van der Waals surface area contributed by atoms with Crippen molar-refractivity contribution in [1.29, 1.82) is 0 Å². The van der Waals surface area contributed by atoms with E-state index in [0.29, 0.717) is 11.3 Å². The predicted octanol–water partition coefficient (Wildman–Crippen LogP) is 2.37. The first-order valence-corrected chi connectivity index (χ1v) is 5.95. The van der Waals surface area contributed by atoms with Crippen LogP contribution in [0.4, 0.5) is 0 Å². The highest BCUT2D eigenvalue weighted by atomic mass is 32.2. The summed E-state index contributed by atoms with van der Waals surface area (Å²) in [7, 11) is 0. The molecular formula is C12H12O3S. The van der Waals surface area contributed by atoms with Crippen molar-refractivity contribution < 1.29 is 14.7 Å². The molecule has 3 nitrogen and oxygen atoms in total. The number of hydrogen-bond acceptors (Lipinski definition) is 3. The summed E-state index contributed by atoms with van der Waals surface area (Å²) < 4.78 is 0. The Morgan fingerprint density at radius 1 is 1.50 bits per heavy atom. The van der Waals surface area contributed by atoms with Crippen LogP contribution in [0.2, 0.25) is 0 Å². The minimum Gasteiger partial charge on any atom is -0.480 e. The summed E-state index contributed by atoms with van der Waals surface area (Å²) in [6.07, 6.45) is 0. The largest absolute Gasteiger partial charge is 0.480 e. The van der Waals surface area contributed by atoms with Crippen LogP contribution in [-0.2, 0) is 4.79 Å².